The van der Waals surface area contributed by atoms with E-state index in [4.69, 9.17) is 0 Å². The van der Waals surface area contributed by atoms with Crippen LogP contribution in [-0.4, -0.2) is 20.4 Å². The van der Waals surface area contributed by atoms with Gasteiger partial charge in [-0.05, 0) is 6.42 Å². The highest BCUT2D eigenvalue weighted by atomic mass is 16.1. The minimum absolute atomic E-state index is 0.182. The van der Waals surface area contributed by atoms with Gasteiger partial charge < -0.3 is 0 Å². The Hall–Kier alpha value is -1.71. The summed E-state index contributed by atoms with van der Waals surface area (Å²) in [6.45, 7) is 2.23. The monoisotopic (exact) mass is 273 g/mol. The normalized spacial score (nSPS) is 11.1. The van der Waals surface area contributed by atoms with Crippen LogP contribution >= 0.6 is 0 Å². The van der Waals surface area contributed by atoms with Gasteiger partial charge in [0.05, 0.1) is 23.5 Å². The molecule has 2 aromatic rings. The second-order valence-corrected chi connectivity index (χ2v) is 5.26. The molecule has 4 nitrogen and oxygen atoms in total. The number of ketones is 1. The van der Waals surface area contributed by atoms with Gasteiger partial charge >= 0.3 is 0 Å². The Morgan fingerprint density at radius 1 is 1.10 bits per heavy atom. The van der Waals surface area contributed by atoms with E-state index in [0.717, 1.165) is 18.4 Å². The van der Waals surface area contributed by atoms with Gasteiger partial charge in [-0.1, -0.05) is 45.4 Å². The molecule has 0 saturated heterocycles. The summed E-state index contributed by atoms with van der Waals surface area (Å²) in [7, 11) is 0. The number of Topliss-reactive ketones (excluding diaryl/α,β-unsaturated/α-hetero) is 1. The van der Waals surface area contributed by atoms with Gasteiger partial charge in [0.2, 0.25) is 0 Å². The van der Waals surface area contributed by atoms with Crippen LogP contribution < -0.4 is 0 Å². The van der Waals surface area contributed by atoms with E-state index in [1.165, 1.54) is 32.1 Å². The van der Waals surface area contributed by atoms with Gasteiger partial charge in [0.1, 0.15) is 0 Å². The first-order valence-corrected chi connectivity index (χ1v) is 7.63. The van der Waals surface area contributed by atoms with Crippen LogP contribution in [0.2, 0.25) is 0 Å². The number of carbonyl (C=O) groups is 1. The van der Waals surface area contributed by atoms with Crippen molar-refractivity contribution in [1.82, 2.24) is 14.6 Å². The van der Waals surface area contributed by atoms with Crippen LogP contribution in [0.5, 0.6) is 0 Å². The lowest BCUT2D eigenvalue weighted by molar-refractivity contribution is 0.0980. The third-order valence-corrected chi connectivity index (χ3v) is 3.63. The third-order valence-electron chi connectivity index (χ3n) is 3.63. The molecule has 0 atom stereocenters. The van der Waals surface area contributed by atoms with Crippen molar-refractivity contribution in [2.45, 2.75) is 58.3 Å². The predicted octanol–water partition coefficient (Wildman–Crippen LogP) is 4.05. The average Bonchev–Trinajstić information content (AvgIpc) is 2.90. The summed E-state index contributed by atoms with van der Waals surface area (Å²) < 4.78 is 1.70. The van der Waals surface area contributed by atoms with Crippen LogP contribution in [0.25, 0.3) is 5.52 Å². The second kappa shape index (κ2) is 7.78. The van der Waals surface area contributed by atoms with Crippen molar-refractivity contribution in [1.29, 1.82) is 0 Å². The van der Waals surface area contributed by atoms with Crippen molar-refractivity contribution in [3.05, 3.63) is 30.4 Å². The van der Waals surface area contributed by atoms with E-state index in [1.54, 1.807) is 29.3 Å². The molecule has 0 fully saturated rings. The number of nitrogens with zero attached hydrogens (tertiary/aromatic N) is 3. The Kier molecular flexibility index (Phi) is 5.71. The first kappa shape index (κ1) is 14.7. The van der Waals surface area contributed by atoms with Gasteiger partial charge in [-0.15, -0.1) is 0 Å². The zero-order valence-electron chi connectivity index (χ0n) is 12.2. The molecule has 0 unspecified atom stereocenters. The molecule has 0 spiro atoms. The van der Waals surface area contributed by atoms with Gasteiger partial charge in [-0.2, -0.15) is 5.10 Å². The van der Waals surface area contributed by atoms with E-state index < -0.39 is 0 Å². The number of hydrogen-bond acceptors (Lipinski definition) is 3. The lowest BCUT2D eigenvalue weighted by Gasteiger charge is -2.01. The van der Waals surface area contributed by atoms with E-state index in [-0.39, 0.29) is 5.78 Å². The van der Waals surface area contributed by atoms with Gasteiger partial charge in [0.15, 0.2) is 5.78 Å². The molecule has 0 N–H and O–H groups in total. The van der Waals surface area contributed by atoms with Gasteiger partial charge in [0.25, 0.3) is 0 Å². The summed E-state index contributed by atoms with van der Waals surface area (Å²) in [5.74, 6) is 0.182. The molecule has 108 valence electrons. The van der Waals surface area contributed by atoms with Crippen molar-refractivity contribution in [3.63, 3.8) is 0 Å². The van der Waals surface area contributed by atoms with Crippen molar-refractivity contribution in [3.8, 4) is 0 Å². The van der Waals surface area contributed by atoms with E-state index in [0.29, 0.717) is 12.0 Å². The first-order valence-electron chi connectivity index (χ1n) is 7.63. The SMILES string of the molecule is CCCCCCCCCC(=O)c1cnn2ccncc12. The Morgan fingerprint density at radius 2 is 1.85 bits per heavy atom. The maximum atomic E-state index is 12.2. The smallest absolute Gasteiger partial charge is 0.166 e. The van der Waals surface area contributed by atoms with Crippen LogP contribution in [0.1, 0.15) is 68.6 Å². The summed E-state index contributed by atoms with van der Waals surface area (Å²) in [6.07, 6.45) is 16.0. The third kappa shape index (κ3) is 3.89. The second-order valence-electron chi connectivity index (χ2n) is 5.26. The fraction of sp³-hybridized carbons (Fsp3) is 0.562. The van der Waals surface area contributed by atoms with E-state index in [9.17, 15) is 4.79 Å². The maximum Gasteiger partial charge on any atom is 0.166 e. The Bertz CT molecular complexity index is 547. The Morgan fingerprint density at radius 3 is 2.65 bits per heavy atom. The van der Waals surface area contributed by atoms with E-state index >= 15 is 0 Å². The van der Waals surface area contributed by atoms with Crippen LogP contribution in [0, 0.1) is 0 Å². The highest BCUT2D eigenvalue weighted by Gasteiger charge is 2.11. The van der Waals surface area contributed by atoms with Crippen molar-refractivity contribution in [2.75, 3.05) is 0 Å². The topological polar surface area (TPSA) is 47.3 Å². The largest absolute Gasteiger partial charge is 0.294 e. The van der Waals surface area contributed by atoms with Crippen LogP contribution in [0.15, 0.2) is 24.8 Å². The highest BCUT2D eigenvalue weighted by Crippen LogP contribution is 2.14. The minimum atomic E-state index is 0.182. The molecule has 2 rings (SSSR count). The van der Waals surface area contributed by atoms with Crippen LogP contribution in [-0.2, 0) is 0 Å². The van der Waals surface area contributed by atoms with Crippen molar-refractivity contribution >= 4 is 11.3 Å². The molecule has 0 amide bonds. The fourth-order valence-corrected chi connectivity index (χ4v) is 2.43. The number of unbranched alkanes of at least 4 members (excludes halogenated alkanes) is 6. The summed E-state index contributed by atoms with van der Waals surface area (Å²) >= 11 is 0. The van der Waals surface area contributed by atoms with Crippen LogP contribution in [0.4, 0.5) is 0 Å². The minimum Gasteiger partial charge on any atom is -0.294 e. The van der Waals surface area contributed by atoms with Crippen molar-refractivity contribution < 1.29 is 4.79 Å². The molecule has 0 aromatic carbocycles. The lowest BCUT2D eigenvalue weighted by atomic mass is 10.0. The molecule has 2 heterocycles. The molecule has 0 aliphatic carbocycles. The molecule has 0 radical (unpaired) electrons. The first-order chi connectivity index (χ1) is 9.83. The number of hydrogen-bond donors (Lipinski definition) is 0. The number of carbonyl (C=O) groups excluding carboxylic acids is 1. The molecule has 0 aliphatic heterocycles. The molecule has 2 aromatic heterocycles. The standard InChI is InChI=1S/C16H23N3O/c1-2-3-4-5-6-7-8-9-16(20)14-12-18-19-11-10-17-13-15(14)19/h10-13H,2-9H2,1H3. The number of fused-ring (bicyclic) bond motifs is 1. The fourth-order valence-electron chi connectivity index (χ4n) is 2.43. The van der Waals surface area contributed by atoms with Gasteiger partial charge in [0, 0.05) is 18.8 Å². The molecule has 0 aliphatic rings. The zero-order valence-corrected chi connectivity index (χ0v) is 12.2. The average molecular weight is 273 g/mol. The van der Waals surface area contributed by atoms with Gasteiger partial charge in [-0.25, -0.2) is 4.52 Å². The van der Waals surface area contributed by atoms with E-state index in [1.807, 2.05) is 0 Å². The lowest BCUT2D eigenvalue weighted by Crippen LogP contribution is -1.99. The summed E-state index contributed by atoms with van der Waals surface area (Å²) in [5.41, 5.74) is 1.50. The molecular weight excluding hydrogens is 250 g/mol. The summed E-state index contributed by atoms with van der Waals surface area (Å²) in [5, 5.41) is 4.17. The Labute approximate surface area is 120 Å². The summed E-state index contributed by atoms with van der Waals surface area (Å²) in [4.78, 5) is 16.2. The quantitative estimate of drug-likeness (QED) is 0.511. The molecule has 20 heavy (non-hydrogen) atoms. The number of rotatable bonds is 9. The zero-order chi connectivity index (χ0) is 14.2. The maximum absolute atomic E-state index is 12.2. The molecule has 0 bridgehead atoms. The van der Waals surface area contributed by atoms with E-state index in [2.05, 4.69) is 17.0 Å². The van der Waals surface area contributed by atoms with Crippen LogP contribution in [0.3, 0.4) is 0 Å². The predicted molar refractivity (Wildman–Crippen MR) is 79.9 cm³/mol. The summed E-state index contributed by atoms with van der Waals surface area (Å²) in [6, 6.07) is 0. The van der Waals surface area contributed by atoms with Crippen molar-refractivity contribution in [2.24, 2.45) is 0 Å². The molecule has 4 heteroatoms. The molecule has 0 saturated carbocycles. The number of aromatic nitrogens is 3. The van der Waals surface area contributed by atoms with Gasteiger partial charge in [-0.3, -0.25) is 9.78 Å². The Balaban J connectivity index is 1.75. The highest BCUT2D eigenvalue weighted by molar-refractivity contribution is 6.01. The molecular formula is C16H23N3O.